The van der Waals surface area contributed by atoms with Crippen LogP contribution < -0.4 is 5.73 Å². The van der Waals surface area contributed by atoms with Gasteiger partial charge in [-0.05, 0) is 12.1 Å². The fourth-order valence-electron chi connectivity index (χ4n) is 1.69. The van der Waals surface area contributed by atoms with Gasteiger partial charge in [-0.3, -0.25) is 0 Å². The number of ether oxygens (including phenoxy) is 1. The molecule has 0 unspecified atom stereocenters. The Bertz CT molecular complexity index is 559. The van der Waals surface area contributed by atoms with Crippen LogP contribution in [-0.2, 0) is 21.1 Å². The first-order chi connectivity index (χ1) is 8.97. The van der Waals surface area contributed by atoms with Crippen molar-refractivity contribution in [3.8, 4) is 0 Å². The van der Waals surface area contributed by atoms with E-state index in [4.69, 9.17) is 10.5 Å². The lowest BCUT2D eigenvalue weighted by Gasteiger charge is -2.27. The maximum atomic E-state index is 11.4. The molecule has 2 rings (SSSR count). The number of hydrogen-bond donors (Lipinski definition) is 1. The van der Waals surface area contributed by atoms with E-state index in [1.165, 1.54) is 17.6 Å². The Morgan fingerprint density at radius 3 is 2.74 bits per heavy atom. The minimum absolute atomic E-state index is 0.364. The summed E-state index contributed by atoms with van der Waals surface area (Å²) in [6.07, 6.45) is 1.20. The van der Waals surface area contributed by atoms with Crippen LogP contribution in [0, 0.1) is 0 Å². The first kappa shape index (κ1) is 14.3. The van der Waals surface area contributed by atoms with Gasteiger partial charge in [-0.1, -0.05) is 0 Å². The summed E-state index contributed by atoms with van der Waals surface area (Å²) < 4.78 is 28.3. The molecule has 0 radical (unpaired) electrons. The zero-order chi connectivity index (χ0) is 13.9. The molecule has 0 saturated carbocycles. The number of nitrogens with zero attached hydrogens (tertiary/aromatic N) is 2. The molecule has 8 heteroatoms. The molecule has 6 nitrogen and oxygen atoms in total. The van der Waals surface area contributed by atoms with Crippen molar-refractivity contribution in [2.75, 3.05) is 32.6 Å². The average Bonchev–Trinajstić information content (AvgIpc) is 2.86. The lowest BCUT2D eigenvalue weighted by molar-refractivity contribution is 0.0674. The number of guanidine groups is 1. The van der Waals surface area contributed by atoms with Gasteiger partial charge in [-0.2, -0.15) is 0 Å². The van der Waals surface area contributed by atoms with Gasteiger partial charge in [0.25, 0.3) is 0 Å². The number of rotatable bonds is 3. The third kappa shape index (κ3) is 3.92. The second kappa shape index (κ2) is 5.89. The van der Waals surface area contributed by atoms with Gasteiger partial charge in [0.05, 0.1) is 19.8 Å². The Labute approximate surface area is 116 Å². The predicted molar refractivity (Wildman–Crippen MR) is 75.1 cm³/mol. The normalized spacial score (nSPS) is 17.7. The van der Waals surface area contributed by atoms with E-state index < -0.39 is 9.84 Å². The van der Waals surface area contributed by atoms with Crippen molar-refractivity contribution in [3.63, 3.8) is 0 Å². The van der Waals surface area contributed by atoms with E-state index in [1.54, 1.807) is 12.1 Å². The topological polar surface area (TPSA) is 85.0 Å². The zero-order valence-corrected chi connectivity index (χ0v) is 12.3. The number of thiophene rings is 1. The van der Waals surface area contributed by atoms with E-state index >= 15 is 0 Å². The van der Waals surface area contributed by atoms with Crippen molar-refractivity contribution in [1.82, 2.24) is 4.90 Å². The summed E-state index contributed by atoms with van der Waals surface area (Å²) in [5.41, 5.74) is 5.90. The third-order valence-corrected chi connectivity index (χ3v) is 5.62. The molecule has 0 aliphatic carbocycles. The SMILES string of the molecule is CS(=O)(=O)c1ccc(CN=C(N)N2CCOCC2)s1. The van der Waals surface area contributed by atoms with E-state index in [9.17, 15) is 8.42 Å². The van der Waals surface area contributed by atoms with Gasteiger partial charge in [0.2, 0.25) is 0 Å². The largest absolute Gasteiger partial charge is 0.378 e. The minimum atomic E-state index is -3.13. The molecule has 1 fully saturated rings. The van der Waals surface area contributed by atoms with Crippen molar-refractivity contribution in [2.45, 2.75) is 10.8 Å². The van der Waals surface area contributed by atoms with Crippen molar-refractivity contribution in [2.24, 2.45) is 10.7 Å². The first-order valence-corrected chi connectivity index (χ1v) is 8.59. The zero-order valence-electron chi connectivity index (χ0n) is 10.7. The molecule has 1 aliphatic heterocycles. The second-order valence-corrected chi connectivity index (χ2v) is 7.68. The fraction of sp³-hybridized carbons (Fsp3) is 0.545. The average molecular weight is 303 g/mol. The molecule has 0 atom stereocenters. The highest BCUT2D eigenvalue weighted by Gasteiger charge is 2.13. The van der Waals surface area contributed by atoms with E-state index in [2.05, 4.69) is 4.99 Å². The summed E-state index contributed by atoms with van der Waals surface area (Å²) in [7, 11) is -3.13. The Morgan fingerprint density at radius 2 is 2.16 bits per heavy atom. The van der Waals surface area contributed by atoms with Gasteiger partial charge in [0.1, 0.15) is 4.21 Å². The Kier molecular flexibility index (Phi) is 4.43. The highest BCUT2D eigenvalue weighted by atomic mass is 32.2. The van der Waals surface area contributed by atoms with Crippen LogP contribution in [0.5, 0.6) is 0 Å². The molecule has 0 spiro atoms. The summed E-state index contributed by atoms with van der Waals surface area (Å²) >= 11 is 1.23. The Balaban J connectivity index is 1.99. The monoisotopic (exact) mass is 303 g/mol. The molecular formula is C11H17N3O3S2. The standard InChI is InChI=1S/C11H17N3O3S2/c1-19(15,16)10-3-2-9(18-10)8-13-11(12)14-4-6-17-7-5-14/h2-3H,4-8H2,1H3,(H2,12,13). The van der Waals surface area contributed by atoms with E-state index in [0.29, 0.717) is 29.9 Å². The van der Waals surface area contributed by atoms with E-state index in [-0.39, 0.29) is 0 Å². The molecule has 19 heavy (non-hydrogen) atoms. The van der Waals surface area contributed by atoms with Crippen LogP contribution in [-0.4, -0.2) is 51.8 Å². The summed E-state index contributed by atoms with van der Waals surface area (Å²) in [5, 5.41) is 0. The molecule has 0 bridgehead atoms. The number of sulfone groups is 1. The van der Waals surface area contributed by atoms with Crippen LogP contribution in [0.4, 0.5) is 0 Å². The molecule has 1 aromatic rings. The molecule has 0 aromatic carbocycles. The summed E-state index contributed by atoms with van der Waals surface area (Å²) in [4.78, 5) is 7.15. The van der Waals surface area contributed by atoms with E-state index in [1.807, 2.05) is 4.90 Å². The molecule has 1 aliphatic rings. The minimum Gasteiger partial charge on any atom is -0.378 e. The smallest absolute Gasteiger partial charge is 0.191 e. The van der Waals surface area contributed by atoms with Crippen LogP contribution >= 0.6 is 11.3 Å². The van der Waals surface area contributed by atoms with Crippen molar-refractivity contribution in [3.05, 3.63) is 17.0 Å². The maximum Gasteiger partial charge on any atom is 0.191 e. The predicted octanol–water partition coefficient (Wildman–Crippen LogP) is 0.298. The summed E-state index contributed by atoms with van der Waals surface area (Å²) in [5.74, 6) is 0.484. The van der Waals surface area contributed by atoms with Gasteiger partial charge in [0, 0.05) is 24.2 Å². The Hall–Kier alpha value is -1.12. The van der Waals surface area contributed by atoms with Crippen LogP contribution in [0.1, 0.15) is 4.88 Å². The van der Waals surface area contributed by atoms with Gasteiger partial charge < -0.3 is 15.4 Å². The number of hydrogen-bond acceptors (Lipinski definition) is 5. The molecule has 1 aromatic heterocycles. The van der Waals surface area contributed by atoms with Gasteiger partial charge in [-0.25, -0.2) is 13.4 Å². The van der Waals surface area contributed by atoms with Crippen molar-refractivity contribution in [1.29, 1.82) is 0 Å². The molecule has 1 saturated heterocycles. The number of morpholine rings is 1. The van der Waals surface area contributed by atoms with Crippen LogP contribution in [0.3, 0.4) is 0 Å². The maximum absolute atomic E-state index is 11.4. The lowest BCUT2D eigenvalue weighted by Crippen LogP contribution is -2.44. The van der Waals surface area contributed by atoms with Crippen LogP contribution in [0.15, 0.2) is 21.3 Å². The summed E-state index contributed by atoms with van der Waals surface area (Å²) in [6.45, 7) is 3.22. The highest BCUT2D eigenvalue weighted by Crippen LogP contribution is 2.22. The van der Waals surface area contributed by atoms with Crippen LogP contribution in [0.25, 0.3) is 0 Å². The second-order valence-electron chi connectivity index (χ2n) is 4.27. The number of nitrogens with two attached hydrogens (primary N) is 1. The van der Waals surface area contributed by atoms with Gasteiger partial charge in [0.15, 0.2) is 15.8 Å². The summed E-state index contributed by atoms with van der Waals surface area (Å²) in [6, 6.07) is 3.38. The molecule has 106 valence electrons. The van der Waals surface area contributed by atoms with E-state index in [0.717, 1.165) is 18.0 Å². The van der Waals surface area contributed by atoms with Gasteiger partial charge >= 0.3 is 0 Å². The van der Waals surface area contributed by atoms with Crippen LogP contribution in [0.2, 0.25) is 0 Å². The lowest BCUT2D eigenvalue weighted by atomic mass is 10.4. The molecule has 0 amide bonds. The Morgan fingerprint density at radius 1 is 1.47 bits per heavy atom. The first-order valence-electron chi connectivity index (χ1n) is 5.88. The van der Waals surface area contributed by atoms with Crippen molar-refractivity contribution < 1.29 is 13.2 Å². The molecule has 2 heterocycles. The van der Waals surface area contributed by atoms with Crippen molar-refractivity contribution >= 4 is 27.1 Å². The third-order valence-electron chi connectivity index (χ3n) is 2.73. The highest BCUT2D eigenvalue weighted by molar-refractivity contribution is 7.92. The fourth-order valence-corrected chi connectivity index (χ4v) is 3.60. The van der Waals surface area contributed by atoms with Gasteiger partial charge in [-0.15, -0.1) is 11.3 Å². The molecule has 2 N–H and O–H groups in total. The quantitative estimate of drug-likeness (QED) is 0.641. The molecular weight excluding hydrogens is 286 g/mol. The number of aliphatic imine (C=N–C) groups is 1.